The van der Waals surface area contributed by atoms with Gasteiger partial charge in [-0.2, -0.15) is 5.10 Å². The lowest BCUT2D eigenvalue weighted by Gasteiger charge is -2.10. The third kappa shape index (κ3) is 3.08. The van der Waals surface area contributed by atoms with Crippen LogP contribution >= 0.6 is 0 Å². The van der Waals surface area contributed by atoms with Crippen molar-refractivity contribution in [2.24, 2.45) is 7.05 Å². The van der Waals surface area contributed by atoms with Crippen LogP contribution < -0.4 is 4.74 Å². The minimum absolute atomic E-state index is 0.00328. The predicted molar refractivity (Wildman–Crippen MR) is 84.4 cm³/mol. The van der Waals surface area contributed by atoms with Crippen molar-refractivity contribution in [1.82, 2.24) is 9.78 Å². The average Bonchev–Trinajstić information content (AvgIpc) is 3.02. The van der Waals surface area contributed by atoms with Crippen molar-refractivity contribution in [3.63, 3.8) is 0 Å². The first-order valence-corrected chi connectivity index (χ1v) is 7.16. The van der Waals surface area contributed by atoms with Gasteiger partial charge in [0, 0.05) is 18.8 Å². The van der Waals surface area contributed by atoms with Gasteiger partial charge in [-0.1, -0.05) is 30.3 Å². The van der Waals surface area contributed by atoms with Gasteiger partial charge in [0.25, 0.3) is 0 Å². The van der Waals surface area contributed by atoms with Gasteiger partial charge in [0.2, 0.25) is 0 Å². The molecule has 0 saturated carbocycles. The number of rotatable bonds is 4. The molecule has 0 atom stereocenters. The summed E-state index contributed by atoms with van der Waals surface area (Å²) in [7, 11) is 1.59. The number of aromatic nitrogens is 2. The molecule has 2 aromatic carbocycles. The van der Waals surface area contributed by atoms with Crippen LogP contribution in [0.2, 0.25) is 0 Å². The fraction of sp³-hybridized carbons (Fsp3) is 0.0556. The lowest BCUT2D eigenvalue weighted by molar-refractivity contribution is 0.0721. The summed E-state index contributed by atoms with van der Waals surface area (Å²) in [5, 5.41) is 3.89. The molecule has 3 rings (SSSR count). The van der Waals surface area contributed by atoms with Gasteiger partial charge in [0.15, 0.2) is 5.78 Å². The van der Waals surface area contributed by atoms with E-state index in [1.165, 1.54) is 23.0 Å². The molecule has 1 aromatic heterocycles. The van der Waals surface area contributed by atoms with Crippen molar-refractivity contribution in [2.45, 2.75) is 0 Å². The summed E-state index contributed by atoms with van der Waals surface area (Å²) in [6.07, 6.45) is 1.46. The number of aryl methyl sites for hydroxylation is 1. The van der Waals surface area contributed by atoms with Crippen molar-refractivity contribution in [2.75, 3.05) is 0 Å². The van der Waals surface area contributed by atoms with Crippen LogP contribution in [-0.4, -0.2) is 21.5 Å². The van der Waals surface area contributed by atoms with Crippen LogP contribution in [0.3, 0.4) is 0 Å². The lowest BCUT2D eigenvalue weighted by atomic mass is 10.0. The van der Waals surface area contributed by atoms with Gasteiger partial charge in [0.1, 0.15) is 17.3 Å². The molecule has 0 unspecified atom stereocenters. The van der Waals surface area contributed by atoms with Gasteiger partial charge in [-0.15, -0.1) is 0 Å². The molecular formula is C18H13FN2O3. The van der Waals surface area contributed by atoms with Crippen molar-refractivity contribution in [1.29, 1.82) is 0 Å². The first kappa shape index (κ1) is 15.6. The molecule has 0 amide bonds. The highest BCUT2D eigenvalue weighted by Crippen LogP contribution is 2.24. The third-order valence-corrected chi connectivity index (χ3v) is 3.45. The van der Waals surface area contributed by atoms with E-state index in [1.54, 1.807) is 37.4 Å². The minimum atomic E-state index is -0.677. The first-order valence-electron chi connectivity index (χ1n) is 7.16. The van der Waals surface area contributed by atoms with Gasteiger partial charge in [0.05, 0.1) is 5.56 Å². The zero-order chi connectivity index (χ0) is 17.1. The number of esters is 1. The van der Waals surface area contributed by atoms with Crippen LogP contribution in [-0.2, 0) is 7.05 Å². The molecule has 0 aliphatic rings. The molecule has 0 bridgehead atoms. The van der Waals surface area contributed by atoms with Crippen LogP contribution in [0.25, 0.3) is 0 Å². The molecule has 0 aliphatic carbocycles. The fourth-order valence-electron chi connectivity index (χ4n) is 2.24. The molecular weight excluding hydrogens is 311 g/mol. The van der Waals surface area contributed by atoms with E-state index in [9.17, 15) is 14.0 Å². The highest BCUT2D eigenvalue weighted by Gasteiger charge is 2.20. The van der Waals surface area contributed by atoms with Crippen LogP contribution in [0.1, 0.15) is 26.4 Å². The van der Waals surface area contributed by atoms with Crippen LogP contribution in [0.15, 0.2) is 60.8 Å². The summed E-state index contributed by atoms with van der Waals surface area (Å²) in [5.74, 6) is -1.70. The molecule has 24 heavy (non-hydrogen) atoms. The molecule has 5 nitrogen and oxygen atoms in total. The smallest absolute Gasteiger partial charge is 0.362 e. The second-order valence-electron chi connectivity index (χ2n) is 5.07. The maximum atomic E-state index is 13.6. The van der Waals surface area contributed by atoms with Crippen LogP contribution in [0.5, 0.6) is 5.75 Å². The Labute approximate surface area is 137 Å². The SMILES string of the molecule is Cn1nccc1C(=O)Oc1ccc(F)cc1C(=O)c1ccccc1. The monoisotopic (exact) mass is 324 g/mol. The Kier molecular flexibility index (Phi) is 4.20. The van der Waals surface area contributed by atoms with Crippen LogP contribution in [0, 0.1) is 5.82 Å². The number of carbonyl (C=O) groups is 2. The van der Waals surface area contributed by atoms with E-state index in [1.807, 2.05) is 0 Å². The van der Waals surface area contributed by atoms with Gasteiger partial charge in [-0.25, -0.2) is 9.18 Å². The van der Waals surface area contributed by atoms with E-state index in [-0.39, 0.29) is 17.0 Å². The van der Waals surface area contributed by atoms with E-state index in [0.717, 1.165) is 12.1 Å². The minimum Gasteiger partial charge on any atom is -0.421 e. The number of halogens is 1. The zero-order valence-electron chi connectivity index (χ0n) is 12.8. The first-order chi connectivity index (χ1) is 11.6. The number of nitrogens with zero attached hydrogens (tertiary/aromatic N) is 2. The van der Waals surface area contributed by atoms with Crippen molar-refractivity contribution < 1.29 is 18.7 Å². The Morgan fingerprint density at radius 2 is 1.83 bits per heavy atom. The van der Waals surface area contributed by atoms with Gasteiger partial charge < -0.3 is 4.74 Å². The molecule has 1 heterocycles. The number of benzene rings is 2. The van der Waals surface area contributed by atoms with Crippen molar-refractivity contribution in [3.8, 4) is 5.75 Å². The number of carbonyl (C=O) groups excluding carboxylic acids is 2. The van der Waals surface area contributed by atoms with E-state index >= 15 is 0 Å². The normalized spacial score (nSPS) is 10.4. The number of ether oxygens (including phenoxy) is 1. The molecule has 6 heteroatoms. The van der Waals surface area contributed by atoms with Gasteiger partial charge in [-0.05, 0) is 24.3 Å². The number of hydrogen-bond acceptors (Lipinski definition) is 4. The Balaban J connectivity index is 1.96. The Bertz CT molecular complexity index is 904. The van der Waals surface area contributed by atoms with E-state index in [0.29, 0.717) is 5.56 Å². The Morgan fingerprint density at radius 3 is 2.50 bits per heavy atom. The second kappa shape index (κ2) is 6.45. The van der Waals surface area contributed by atoms with Gasteiger partial charge >= 0.3 is 5.97 Å². The molecule has 0 fully saturated rings. The summed E-state index contributed by atoms with van der Waals surface area (Å²) < 4.78 is 20.2. The zero-order valence-corrected chi connectivity index (χ0v) is 12.8. The van der Waals surface area contributed by atoms with Crippen LogP contribution in [0.4, 0.5) is 4.39 Å². The van der Waals surface area contributed by atoms with E-state index in [2.05, 4.69) is 5.10 Å². The van der Waals surface area contributed by atoms with Gasteiger partial charge in [-0.3, -0.25) is 9.48 Å². The van der Waals surface area contributed by atoms with E-state index in [4.69, 9.17) is 4.74 Å². The van der Waals surface area contributed by atoms with Crippen molar-refractivity contribution in [3.05, 3.63) is 83.4 Å². The van der Waals surface area contributed by atoms with E-state index < -0.39 is 17.6 Å². The second-order valence-corrected chi connectivity index (χ2v) is 5.07. The quantitative estimate of drug-likeness (QED) is 0.420. The Morgan fingerprint density at radius 1 is 1.08 bits per heavy atom. The molecule has 0 N–H and O–H groups in total. The molecule has 0 saturated heterocycles. The third-order valence-electron chi connectivity index (χ3n) is 3.45. The van der Waals surface area contributed by atoms with Crippen molar-refractivity contribution >= 4 is 11.8 Å². The predicted octanol–water partition coefficient (Wildman–Crippen LogP) is 3.01. The topological polar surface area (TPSA) is 61.2 Å². The maximum Gasteiger partial charge on any atom is 0.362 e. The number of hydrogen-bond donors (Lipinski definition) is 0. The maximum absolute atomic E-state index is 13.6. The molecule has 0 spiro atoms. The highest BCUT2D eigenvalue weighted by molar-refractivity contribution is 6.11. The highest BCUT2D eigenvalue weighted by atomic mass is 19.1. The lowest BCUT2D eigenvalue weighted by Crippen LogP contribution is -2.15. The fourth-order valence-corrected chi connectivity index (χ4v) is 2.24. The summed E-state index contributed by atoms with van der Waals surface area (Å²) >= 11 is 0. The molecule has 120 valence electrons. The molecule has 3 aromatic rings. The Hall–Kier alpha value is -3.28. The molecule has 0 radical (unpaired) electrons. The largest absolute Gasteiger partial charge is 0.421 e. The summed E-state index contributed by atoms with van der Waals surface area (Å²) in [6.45, 7) is 0. The number of ketones is 1. The molecule has 0 aliphatic heterocycles. The summed E-state index contributed by atoms with van der Waals surface area (Å²) in [5.41, 5.74) is 0.579. The average molecular weight is 324 g/mol. The summed E-state index contributed by atoms with van der Waals surface area (Å²) in [4.78, 5) is 24.8. The summed E-state index contributed by atoms with van der Waals surface area (Å²) in [6, 6.07) is 13.3. The standard InChI is InChI=1S/C18H13FN2O3/c1-21-15(9-10-20-21)18(23)24-16-8-7-13(19)11-14(16)17(22)12-5-3-2-4-6-12/h2-11H,1H3.